The molecule has 1 aromatic carbocycles. The molecule has 1 heterocycles. The third-order valence-corrected chi connectivity index (χ3v) is 7.75. The highest BCUT2D eigenvalue weighted by atomic mass is 32.2. The Hall–Kier alpha value is -1.93. The number of nitrogens with zero attached hydrogens (tertiary/aromatic N) is 1. The second-order valence-electron chi connectivity index (χ2n) is 6.79. The summed E-state index contributed by atoms with van der Waals surface area (Å²) in [5.74, 6) is -2.62. The summed E-state index contributed by atoms with van der Waals surface area (Å²) in [7, 11) is -1.07. The molecular formula is C17H19NO6S. The van der Waals surface area contributed by atoms with Gasteiger partial charge in [0.2, 0.25) is 10.0 Å². The molecule has 1 aromatic rings. The van der Waals surface area contributed by atoms with Crippen LogP contribution in [0.2, 0.25) is 0 Å². The quantitative estimate of drug-likeness (QED) is 0.575. The number of rotatable bonds is 4. The second-order valence-corrected chi connectivity index (χ2v) is 8.63. The molecule has 0 spiro atoms. The summed E-state index contributed by atoms with van der Waals surface area (Å²) in [4.78, 5) is 24.7. The van der Waals surface area contributed by atoms with E-state index in [4.69, 9.17) is 9.47 Å². The van der Waals surface area contributed by atoms with E-state index in [-0.39, 0.29) is 28.8 Å². The molecule has 7 atom stereocenters. The first-order valence-corrected chi connectivity index (χ1v) is 9.61. The summed E-state index contributed by atoms with van der Waals surface area (Å²) >= 11 is 0. The Morgan fingerprint density at radius 3 is 1.88 bits per heavy atom. The summed E-state index contributed by atoms with van der Waals surface area (Å²) in [5, 5.41) is 0. The van der Waals surface area contributed by atoms with E-state index in [1.807, 2.05) is 0 Å². The van der Waals surface area contributed by atoms with Crippen molar-refractivity contribution in [3.63, 3.8) is 0 Å². The molecule has 7 nitrogen and oxygen atoms in total. The minimum absolute atomic E-state index is 0.204. The molecule has 8 heteroatoms. The number of hydrogen-bond acceptors (Lipinski definition) is 6. The third kappa shape index (κ3) is 2.17. The number of ether oxygens (including phenoxy) is 2. The van der Waals surface area contributed by atoms with Crippen LogP contribution in [0.4, 0.5) is 0 Å². The van der Waals surface area contributed by atoms with Gasteiger partial charge in [0.05, 0.1) is 31.0 Å². The topological polar surface area (TPSA) is 89.8 Å². The number of esters is 2. The van der Waals surface area contributed by atoms with E-state index >= 15 is 0 Å². The van der Waals surface area contributed by atoms with Gasteiger partial charge in [-0.25, -0.2) is 8.42 Å². The van der Waals surface area contributed by atoms with Gasteiger partial charge >= 0.3 is 11.9 Å². The van der Waals surface area contributed by atoms with Crippen molar-refractivity contribution in [2.45, 2.75) is 23.4 Å². The Balaban J connectivity index is 1.68. The minimum Gasteiger partial charge on any atom is -0.469 e. The van der Waals surface area contributed by atoms with E-state index in [9.17, 15) is 18.0 Å². The van der Waals surface area contributed by atoms with Crippen LogP contribution in [0.1, 0.15) is 6.42 Å². The van der Waals surface area contributed by atoms with Gasteiger partial charge in [0, 0.05) is 12.1 Å². The standard InChI is InChI=1S/C17H19NO6S/c1-23-16(19)12-10-8-11(13(12)17(20)24-2)15-14(10)18(15)25(21,22)9-6-4-3-5-7-9/h3-7,10-15H,8H2,1-2H3/t10-,11-,12-,13+,14+,15+,18?/m0/s1. The molecule has 1 aliphatic heterocycles. The Morgan fingerprint density at radius 1 is 0.960 bits per heavy atom. The first-order valence-electron chi connectivity index (χ1n) is 8.17. The number of hydrogen-bond donors (Lipinski definition) is 0. The van der Waals surface area contributed by atoms with Crippen molar-refractivity contribution < 1.29 is 27.5 Å². The highest BCUT2D eigenvalue weighted by Crippen LogP contribution is 2.64. The molecule has 2 aliphatic carbocycles. The zero-order valence-corrected chi connectivity index (χ0v) is 14.7. The number of carbonyl (C=O) groups excluding carboxylic acids is 2. The number of fused-ring (bicyclic) bond motifs is 5. The molecule has 134 valence electrons. The highest BCUT2D eigenvalue weighted by Gasteiger charge is 2.76. The maximum atomic E-state index is 12.9. The van der Waals surface area contributed by atoms with Crippen molar-refractivity contribution in [2.24, 2.45) is 23.7 Å². The van der Waals surface area contributed by atoms with Crippen LogP contribution in [0.5, 0.6) is 0 Å². The van der Waals surface area contributed by atoms with Crippen LogP contribution in [0, 0.1) is 23.7 Å². The van der Waals surface area contributed by atoms with Crippen LogP contribution in [0.15, 0.2) is 35.2 Å². The number of sulfonamides is 1. The van der Waals surface area contributed by atoms with Gasteiger partial charge in [0.15, 0.2) is 0 Å². The van der Waals surface area contributed by atoms with Crippen molar-refractivity contribution in [2.75, 3.05) is 14.2 Å². The molecule has 1 saturated heterocycles. The van der Waals surface area contributed by atoms with Gasteiger partial charge in [0.1, 0.15) is 0 Å². The fourth-order valence-corrected chi connectivity index (χ4v) is 6.82. The smallest absolute Gasteiger partial charge is 0.309 e. The van der Waals surface area contributed by atoms with Crippen LogP contribution in [-0.4, -0.2) is 51.0 Å². The SMILES string of the molecule is COC(=O)[C@@H]1[C@@H]2C[C@@H]([C@@H]1C(=O)OC)[C@@H]1[C@@H]2N1S(=O)(=O)c1ccccc1. The third-order valence-electron chi connectivity index (χ3n) is 5.84. The second kappa shape index (κ2) is 5.54. The van der Waals surface area contributed by atoms with Crippen LogP contribution >= 0.6 is 0 Å². The van der Waals surface area contributed by atoms with E-state index in [0.717, 1.165) is 0 Å². The molecule has 0 radical (unpaired) electrons. The molecule has 2 bridgehead atoms. The van der Waals surface area contributed by atoms with Crippen LogP contribution in [0.3, 0.4) is 0 Å². The van der Waals surface area contributed by atoms with Gasteiger partial charge in [-0.2, -0.15) is 4.31 Å². The Labute approximate surface area is 145 Å². The number of methoxy groups -OCH3 is 2. The van der Waals surface area contributed by atoms with Crippen molar-refractivity contribution >= 4 is 22.0 Å². The first kappa shape index (κ1) is 16.5. The zero-order chi connectivity index (χ0) is 17.9. The Morgan fingerprint density at radius 2 is 1.44 bits per heavy atom. The van der Waals surface area contributed by atoms with Gasteiger partial charge in [0.25, 0.3) is 0 Å². The maximum Gasteiger partial charge on any atom is 0.309 e. The summed E-state index contributed by atoms with van der Waals surface area (Å²) in [5.41, 5.74) is 0. The van der Waals surface area contributed by atoms with E-state index in [1.165, 1.54) is 18.5 Å². The minimum atomic E-state index is -3.63. The average molecular weight is 365 g/mol. The van der Waals surface area contributed by atoms with E-state index in [2.05, 4.69) is 0 Å². The molecule has 1 unspecified atom stereocenters. The highest BCUT2D eigenvalue weighted by molar-refractivity contribution is 7.89. The molecular weight excluding hydrogens is 346 g/mol. The Bertz CT molecular complexity index is 789. The lowest BCUT2D eigenvalue weighted by atomic mass is 9.79. The van der Waals surface area contributed by atoms with Gasteiger partial charge in [-0.1, -0.05) is 18.2 Å². The molecule has 0 aromatic heterocycles. The van der Waals surface area contributed by atoms with E-state index in [0.29, 0.717) is 6.42 Å². The molecule has 0 N–H and O–H groups in total. The zero-order valence-electron chi connectivity index (χ0n) is 13.9. The van der Waals surface area contributed by atoms with Crippen LogP contribution in [0.25, 0.3) is 0 Å². The number of benzene rings is 1. The summed E-state index contributed by atoms with van der Waals surface area (Å²) < 4.78 is 37.0. The van der Waals surface area contributed by atoms with Crippen LogP contribution in [-0.2, 0) is 29.1 Å². The lowest BCUT2D eigenvalue weighted by Gasteiger charge is -2.25. The molecule has 25 heavy (non-hydrogen) atoms. The van der Waals surface area contributed by atoms with Gasteiger partial charge in [-0.05, 0) is 30.4 Å². The lowest BCUT2D eigenvalue weighted by Crippen LogP contribution is -2.39. The molecule has 2 saturated carbocycles. The van der Waals surface area contributed by atoms with E-state index in [1.54, 1.807) is 30.3 Å². The van der Waals surface area contributed by atoms with Crippen molar-refractivity contribution in [3.05, 3.63) is 30.3 Å². The summed E-state index contributed by atoms with van der Waals surface area (Å²) in [6.07, 6.45) is 0.648. The van der Waals surface area contributed by atoms with Crippen molar-refractivity contribution in [1.82, 2.24) is 4.31 Å². The fourth-order valence-electron chi connectivity index (χ4n) is 4.92. The monoisotopic (exact) mass is 365 g/mol. The van der Waals surface area contributed by atoms with Gasteiger partial charge in [-0.15, -0.1) is 0 Å². The molecule has 3 fully saturated rings. The predicted octanol–water partition coefficient (Wildman–Crippen LogP) is 0.656. The lowest BCUT2D eigenvalue weighted by molar-refractivity contribution is -0.159. The maximum absolute atomic E-state index is 12.9. The summed E-state index contributed by atoms with van der Waals surface area (Å²) in [6, 6.07) is 7.75. The molecule has 0 amide bonds. The largest absolute Gasteiger partial charge is 0.469 e. The Kier molecular flexibility index (Phi) is 3.66. The number of carbonyl (C=O) groups is 2. The summed E-state index contributed by atoms with van der Waals surface area (Å²) in [6.45, 7) is 0. The van der Waals surface area contributed by atoms with Crippen LogP contribution < -0.4 is 0 Å². The fraction of sp³-hybridized carbons (Fsp3) is 0.529. The average Bonchev–Trinajstić information content (AvgIpc) is 3.16. The molecule has 4 rings (SSSR count). The number of piperidine rings is 1. The normalized spacial score (nSPS) is 38.1. The predicted molar refractivity (Wildman–Crippen MR) is 85.7 cm³/mol. The molecule has 3 aliphatic rings. The van der Waals surface area contributed by atoms with Crippen molar-refractivity contribution in [1.29, 1.82) is 0 Å². The van der Waals surface area contributed by atoms with Crippen molar-refractivity contribution in [3.8, 4) is 0 Å². The first-order chi connectivity index (χ1) is 11.9. The van der Waals surface area contributed by atoms with E-state index < -0.39 is 33.8 Å². The van der Waals surface area contributed by atoms with Gasteiger partial charge in [-0.3, -0.25) is 9.59 Å². The van der Waals surface area contributed by atoms with Gasteiger partial charge < -0.3 is 9.47 Å².